The molecule has 0 atom stereocenters. The van der Waals surface area contributed by atoms with Crippen molar-refractivity contribution in [1.82, 2.24) is 14.5 Å². The molecular formula is C5H8BrN3O2S. The zero-order chi connectivity index (χ0) is 9.35. The van der Waals surface area contributed by atoms with Crippen LogP contribution in [0.5, 0.6) is 0 Å². The summed E-state index contributed by atoms with van der Waals surface area (Å²) in [6, 6.07) is 0. The maximum absolute atomic E-state index is 11.3. The standard InChI is InChI=1S/C5H8BrN3O2S/c1-7-12(10,11)5-4(6)3-8-9(5)2/h3,7H,1-2H3. The number of aryl methyl sites for hydroxylation is 1. The molecule has 0 saturated heterocycles. The predicted molar refractivity (Wildman–Crippen MR) is 47.2 cm³/mol. The lowest BCUT2D eigenvalue weighted by molar-refractivity contribution is 0.568. The van der Waals surface area contributed by atoms with Gasteiger partial charge in [-0.05, 0) is 23.0 Å². The van der Waals surface area contributed by atoms with Gasteiger partial charge in [0.25, 0.3) is 10.0 Å². The van der Waals surface area contributed by atoms with Gasteiger partial charge in [0.05, 0.1) is 10.7 Å². The molecule has 0 radical (unpaired) electrons. The SMILES string of the molecule is CNS(=O)(=O)c1c(Br)cnn1C. The fraction of sp³-hybridized carbons (Fsp3) is 0.400. The van der Waals surface area contributed by atoms with Crippen LogP contribution in [0.2, 0.25) is 0 Å². The minimum Gasteiger partial charge on any atom is -0.255 e. The molecule has 0 unspecified atom stereocenters. The van der Waals surface area contributed by atoms with E-state index in [0.29, 0.717) is 4.47 Å². The molecule has 1 N–H and O–H groups in total. The molecule has 68 valence electrons. The highest BCUT2D eigenvalue weighted by Crippen LogP contribution is 2.19. The third-order valence-corrected chi connectivity index (χ3v) is 3.74. The third-order valence-electron chi connectivity index (χ3n) is 1.37. The number of aromatic nitrogens is 2. The number of halogens is 1. The van der Waals surface area contributed by atoms with Crippen molar-refractivity contribution in [2.45, 2.75) is 5.03 Å². The normalized spacial score (nSPS) is 11.9. The van der Waals surface area contributed by atoms with Gasteiger partial charge in [0.2, 0.25) is 0 Å². The molecule has 1 aromatic heterocycles. The first-order valence-electron chi connectivity index (χ1n) is 3.10. The van der Waals surface area contributed by atoms with Gasteiger partial charge in [-0.2, -0.15) is 5.10 Å². The highest BCUT2D eigenvalue weighted by atomic mass is 79.9. The fourth-order valence-corrected chi connectivity index (χ4v) is 2.68. The summed E-state index contributed by atoms with van der Waals surface area (Å²) in [5.41, 5.74) is 0. The van der Waals surface area contributed by atoms with Crippen LogP contribution in [-0.2, 0) is 17.1 Å². The van der Waals surface area contributed by atoms with Crippen molar-refractivity contribution in [2.24, 2.45) is 7.05 Å². The summed E-state index contributed by atoms with van der Waals surface area (Å²) >= 11 is 3.09. The largest absolute Gasteiger partial charge is 0.258 e. The van der Waals surface area contributed by atoms with E-state index in [1.165, 1.54) is 17.9 Å². The zero-order valence-corrected chi connectivity index (χ0v) is 8.98. The summed E-state index contributed by atoms with van der Waals surface area (Å²) in [5.74, 6) is 0. The minimum absolute atomic E-state index is 0.130. The van der Waals surface area contributed by atoms with Crippen LogP contribution in [0.25, 0.3) is 0 Å². The topological polar surface area (TPSA) is 64.0 Å². The second-order valence-corrected chi connectivity index (χ2v) is 4.78. The quantitative estimate of drug-likeness (QED) is 0.813. The van der Waals surface area contributed by atoms with E-state index in [-0.39, 0.29) is 5.03 Å². The van der Waals surface area contributed by atoms with Crippen LogP contribution in [0, 0.1) is 0 Å². The van der Waals surface area contributed by atoms with Crippen LogP contribution in [-0.4, -0.2) is 25.2 Å². The summed E-state index contributed by atoms with van der Waals surface area (Å²) in [7, 11) is -0.492. The second kappa shape index (κ2) is 3.15. The molecule has 0 aliphatic heterocycles. The van der Waals surface area contributed by atoms with Crippen LogP contribution >= 0.6 is 15.9 Å². The Morgan fingerprint density at radius 3 is 2.58 bits per heavy atom. The summed E-state index contributed by atoms with van der Waals surface area (Å²) in [6.07, 6.45) is 1.43. The minimum atomic E-state index is -3.41. The first-order chi connectivity index (χ1) is 5.49. The lowest BCUT2D eigenvalue weighted by Crippen LogP contribution is -2.21. The van der Waals surface area contributed by atoms with Crippen molar-refractivity contribution >= 4 is 26.0 Å². The Morgan fingerprint density at radius 1 is 1.67 bits per heavy atom. The van der Waals surface area contributed by atoms with Crippen molar-refractivity contribution in [3.63, 3.8) is 0 Å². The van der Waals surface area contributed by atoms with Gasteiger partial charge in [-0.15, -0.1) is 0 Å². The van der Waals surface area contributed by atoms with Crippen LogP contribution in [0.1, 0.15) is 0 Å². The summed E-state index contributed by atoms with van der Waals surface area (Å²) in [6.45, 7) is 0. The molecule has 0 saturated carbocycles. The van der Waals surface area contributed by atoms with Gasteiger partial charge < -0.3 is 0 Å². The van der Waals surface area contributed by atoms with Crippen molar-refractivity contribution in [1.29, 1.82) is 0 Å². The Labute approximate surface area is 78.9 Å². The molecule has 0 fully saturated rings. The van der Waals surface area contributed by atoms with E-state index in [9.17, 15) is 8.42 Å². The van der Waals surface area contributed by atoms with Crippen LogP contribution in [0.4, 0.5) is 0 Å². The van der Waals surface area contributed by atoms with Crippen LogP contribution < -0.4 is 4.72 Å². The monoisotopic (exact) mass is 253 g/mol. The Bertz CT molecular complexity index is 364. The smallest absolute Gasteiger partial charge is 0.255 e. The molecule has 0 aliphatic carbocycles. The molecule has 5 nitrogen and oxygen atoms in total. The molecule has 1 rings (SSSR count). The third kappa shape index (κ3) is 1.52. The van der Waals surface area contributed by atoms with Crippen LogP contribution in [0.3, 0.4) is 0 Å². The summed E-state index contributed by atoms with van der Waals surface area (Å²) in [4.78, 5) is 0. The van der Waals surface area contributed by atoms with E-state index in [1.807, 2.05) is 0 Å². The average molecular weight is 254 g/mol. The van der Waals surface area contributed by atoms with Crippen molar-refractivity contribution in [2.75, 3.05) is 7.05 Å². The van der Waals surface area contributed by atoms with Crippen LogP contribution in [0.15, 0.2) is 15.7 Å². The molecule has 7 heteroatoms. The maximum atomic E-state index is 11.3. The molecule has 1 aromatic rings. The Balaban J connectivity index is 3.37. The molecule has 12 heavy (non-hydrogen) atoms. The first-order valence-corrected chi connectivity index (χ1v) is 5.37. The molecule has 1 heterocycles. The van der Waals surface area contributed by atoms with Gasteiger partial charge in [-0.1, -0.05) is 0 Å². The van der Waals surface area contributed by atoms with Crippen molar-refractivity contribution < 1.29 is 8.42 Å². The number of sulfonamides is 1. The van der Waals surface area contributed by atoms with Gasteiger partial charge >= 0.3 is 0 Å². The van der Waals surface area contributed by atoms with Crippen molar-refractivity contribution in [3.05, 3.63) is 10.7 Å². The molecular weight excluding hydrogens is 246 g/mol. The van der Waals surface area contributed by atoms with E-state index in [4.69, 9.17) is 0 Å². The zero-order valence-electron chi connectivity index (χ0n) is 6.57. The predicted octanol–water partition coefficient (Wildman–Crippen LogP) is 0.0907. The number of hydrogen-bond donors (Lipinski definition) is 1. The van der Waals surface area contributed by atoms with E-state index >= 15 is 0 Å². The number of nitrogens with one attached hydrogen (secondary N) is 1. The maximum Gasteiger partial charge on any atom is 0.258 e. The highest BCUT2D eigenvalue weighted by molar-refractivity contribution is 9.10. The Hall–Kier alpha value is -0.400. The number of nitrogens with zero attached hydrogens (tertiary/aromatic N) is 2. The number of hydrogen-bond acceptors (Lipinski definition) is 3. The Kier molecular flexibility index (Phi) is 2.55. The van der Waals surface area contributed by atoms with E-state index in [0.717, 1.165) is 0 Å². The second-order valence-electron chi connectivity index (χ2n) is 2.13. The fourth-order valence-electron chi connectivity index (χ4n) is 0.798. The molecule has 0 aliphatic rings. The summed E-state index contributed by atoms with van der Waals surface area (Å²) in [5, 5.41) is 3.91. The molecule has 0 aromatic carbocycles. The first kappa shape index (κ1) is 9.69. The highest BCUT2D eigenvalue weighted by Gasteiger charge is 2.19. The van der Waals surface area contributed by atoms with Gasteiger partial charge in [0.15, 0.2) is 5.03 Å². The number of rotatable bonds is 2. The molecule has 0 spiro atoms. The average Bonchev–Trinajstić information content (AvgIpc) is 2.31. The van der Waals surface area contributed by atoms with E-state index in [1.54, 1.807) is 7.05 Å². The lowest BCUT2D eigenvalue weighted by atomic mass is 10.7. The Morgan fingerprint density at radius 2 is 2.25 bits per heavy atom. The lowest BCUT2D eigenvalue weighted by Gasteiger charge is -2.02. The van der Waals surface area contributed by atoms with E-state index < -0.39 is 10.0 Å². The molecule has 0 amide bonds. The van der Waals surface area contributed by atoms with Crippen molar-refractivity contribution in [3.8, 4) is 0 Å². The van der Waals surface area contributed by atoms with Gasteiger partial charge in [-0.3, -0.25) is 4.68 Å². The van der Waals surface area contributed by atoms with Gasteiger partial charge in [-0.25, -0.2) is 13.1 Å². The van der Waals surface area contributed by atoms with Gasteiger partial charge in [0, 0.05) is 7.05 Å². The van der Waals surface area contributed by atoms with Gasteiger partial charge in [0.1, 0.15) is 0 Å². The summed E-state index contributed by atoms with van der Waals surface area (Å²) < 4.78 is 26.6. The van der Waals surface area contributed by atoms with E-state index in [2.05, 4.69) is 25.8 Å². The molecule has 0 bridgehead atoms.